The average Bonchev–Trinajstić information content (AvgIpc) is 3.08. The van der Waals surface area contributed by atoms with Crippen LogP contribution in [0.25, 0.3) is 0 Å². The summed E-state index contributed by atoms with van der Waals surface area (Å²) in [5.74, 6) is -0.215. The lowest BCUT2D eigenvalue weighted by Gasteiger charge is -2.37. The Morgan fingerprint density at radius 3 is 2.74 bits per heavy atom. The number of carbonyl (C=O) groups excluding carboxylic acids is 2. The zero-order valence-electron chi connectivity index (χ0n) is 17.5. The van der Waals surface area contributed by atoms with Crippen molar-refractivity contribution >= 4 is 23.3 Å². The van der Waals surface area contributed by atoms with Crippen LogP contribution in [-0.4, -0.2) is 77.3 Å². The normalized spacial score (nSPS) is 31.5. The average molecular weight is 446 g/mol. The number of alkyl halides is 1. The minimum absolute atomic E-state index is 0.0104. The number of amides is 1. The van der Waals surface area contributed by atoms with E-state index in [1.165, 1.54) is 0 Å². The van der Waals surface area contributed by atoms with Gasteiger partial charge in [-0.1, -0.05) is 6.07 Å². The van der Waals surface area contributed by atoms with Gasteiger partial charge >= 0.3 is 0 Å². The van der Waals surface area contributed by atoms with Gasteiger partial charge in [0.15, 0.2) is 11.5 Å². The molecule has 1 aliphatic carbocycles. The summed E-state index contributed by atoms with van der Waals surface area (Å²) in [7, 11) is 0. The van der Waals surface area contributed by atoms with E-state index in [0.29, 0.717) is 30.7 Å². The number of nitrogens with zero attached hydrogens (tertiary/aromatic N) is 3. The van der Waals surface area contributed by atoms with Crippen molar-refractivity contribution in [2.75, 3.05) is 39.4 Å². The van der Waals surface area contributed by atoms with E-state index in [9.17, 15) is 9.59 Å². The summed E-state index contributed by atoms with van der Waals surface area (Å²) in [5.41, 5.74) is 1.18. The van der Waals surface area contributed by atoms with Gasteiger partial charge in [-0.15, -0.1) is 11.6 Å². The molecule has 31 heavy (non-hydrogen) atoms. The van der Waals surface area contributed by atoms with Gasteiger partial charge in [-0.05, 0) is 37.8 Å². The number of hydrogen-bond donors (Lipinski definition) is 0. The summed E-state index contributed by atoms with van der Waals surface area (Å²) in [6.07, 6.45) is 4.39. The van der Waals surface area contributed by atoms with Crippen LogP contribution in [0.1, 0.15) is 37.4 Å². The molecule has 1 aromatic rings. The summed E-state index contributed by atoms with van der Waals surface area (Å²) < 4.78 is 11.6. The van der Waals surface area contributed by atoms with Crippen LogP contribution >= 0.6 is 11.6 Å². The predicted molar refractivity (Wildman–Crippen MR) is 114 cm³/mol. The summed E-state index contributed by atoms with van der Waals surface area (Å²) in [6.45, 7) is 4.77. The first-order chi connectivity index (χ1) is 15.1. The lowest BCUT2D eigenvalue weighted by molar-refractivity contribution is -0.135. The maximum Gasteiger partial charge on any atom is 0.290 e. The van der Waals surface area contributed by atoms with Crippen molar-refractivity contribution in [1.82, 2.24) is 14.8 Å². The number of ether oxygens (including phenoxy) is 2. The van der Waals surface area contributed by atoms with Gasteiger partial charge in [-0.25, -0.2) is 0 Å². The lowest BCUT2D eigenvalue weighted by atomic mass is 9.78. The first-order valence-electron chi connectivity index (χ1n) is 11.2. The highest BCUT2D eigenvalue weighted by Gasteiger charge is 2.52. The third kappa shape index (κ3) is 3.99. The number of pyridine rings is 1. The number of fused-ring (bicyclic) bond motifs is 1. The first kappa shape index (κ1) is 20.9. The Morgan fingerprint density at radius 2 is 1.97 bits per heavy atom. The fourth-order valence-electron chi connectivity index (χ4n) is 5.23. The molecule has 7 nitrogen and oxygen atoms in total. The van der Waals surface area contributed by atoms with Gasteiger partial charge < -0.3 is 14.4 Å². The van der Waals surface area contributed by atoms with Gasteiger partial charge in [0, 0.05) is 37.8 Å². The second-order valence-electron chi connectivity index (χ2n) is 8.74. The molecule has 0 N–H and O–H groups in total. The number of hydrogen-bond acceptors (Lipinski definition) is 6. The molecule has 4 unspecified atom stereocenters. The van der Waals surface area contributed by atoms with E-state index in [-0.39, 0.29) is 34.8 Å². The smallest absolute Gasteiger partial charge is 0.290 e. The molecule has 1 aromatic heterocycles. The zero-order chi connectivity index (χ0) is 21.4. The molecule has 1 saturated carbocycles. The topological polar surface area (TPSA) is 72.0 Å². The molecule has 1 amide bonds. The van der Waals surface area contributed by atoms with E-state index >= 15 is 0 Å². The highest BCUT2D eigenvalue weighted by molar-refractivity contribution is 6.21. The Morgan fingerprint density at radius 1 is 1.13 bits per heavy atom. The van der Waals surface area contributed by atoms with Crippen molar-refractivity contribution < 1.29 is 19.1 Å². The third-order valence-electron chi connectivity index (χ3n) is 6.82. The molecule has 4 aliphatic rings. The fraction of sp³-hybridized carbons (Fsp3) is 0.609. The van der Waals surface area contributed by atoms with Crippen LogP contribution in [-0.2, 0) is 19.1 Å². The number of carbonyl (C=O) groups is 2. The predicted octanol–water partition coefficient (Wildman–Crippen LogP) is 2.32. The maximum absolute atomic E-state index is 13.6. The van der Waals surface area contributed by atoms with Gasteiger partial charge in [-0.3, -0.25) is 19.5 Å². The monoisotopic (exact) mass is 445 g/mol. The number of halogens is 1. The van der Waals surface area contributed by atoms with Crippen LogP contribution in [0.4, 0.5) is 0 Å². The van der Waals surface area contributed by atoms with Crippen molar-refractivity contribution in [1.29, 1.82) is 0 Å². The zero-order valence-corrected chi connectivity index (χ0v) is 18.3. The first-order valence-corrected chi connectivity index (χ1v) is 11.7. The minimum Gasteiger partial charge on any atom is -0.483 e. The van der Waals surface area contributed by atoms with Crippen molar-refractivity contribution in [3.63, 3.8) is 0 Å². The summed E-state index contributed by atoms with van der Waals surface area (Å²) in [5, 5.41) is -0.0222. The molecular weight excluding hydrogens is 418 g/mol. The summed E-state index contributed by atoms with van der Waals surface area (Å²) in [6, 6.07) is 5.13. The van der Waals surface area contributed by atoms with Crippen LogP contribution in [0.15, 0.2) is 35.7 Å². The van der Waals surface area contributed by atoms with Crippen LogP contribution in [0, 0.1) is 5.92 Å². The molecule has 4 atom stereocenters. The van der Waals surface area contributed by atoms with Crippen LogP contribution in [0.3, 0.4) is 0 Å². The van der Waals surface area contributed by atoms with E-state index in [1.807, 2.05) is 18.2 Å². The standard InChI is InChI=1S/C23H28ClN3O4/c24-15-5-6-18-16(14-15)21(28)19-20(17-4-1-2-7-25-17)27(23(29)22(19)31-18)9-3-8-26-10-12-30-13-11-26/h1-2,4,7,15-16,18,20H,3,5-6,8-14H2. The number of ketones is 1. The molecule has 0 radical (unpaired) electrons. The van der Waals surface area contributed by atoms with Crippen molar-refractivity contribution in [3.8, 4) is 0 Å². The van der Waals surface area contributed by atoms with E-state index < -0.39 is 6.04 Å². The molecule has 4 heterocycles. The molecule has 1 saturated heterocycles. The Kier molecular flexibility index (Phi) is 5.99. The molecule has 166 valence electrons. The van der Waals surface area contributed by atoms with Crippen molar-refractivity contribution in [3.05, 3.63) is 41.4 Å². The molecular formula is C23H28ClN3O4. The van der Waals surface area contributed by atoms with E-state index in [4.69, 9.17) is 21.1 Å². The number of rotatable bonds is 5. The van der Waals surface area contributed by atoms with Crippen LogP contribution < -0.4 is 0 Å². The van der Waals surface area contributed by atoms with Crippen LogP contribution in [0.5, 0.6) is 0 Å². The third-order valence-corrected chi connectivity index (χ3v) is 7.22. The maximum atomic E-state index is 13.6. The minimum atomic E-state index is -0.488. The van der Waals surface area contributed by atoms with Crippen LogP contribution in [0.2, 0.25) is 0 Å². The summed E-state index contributed by atoms with van der Waals surface area (Å²) in [4.78, 5) is 35.6. The Bertz CT molecular complexity index is 871. The largest absolute Gasteiger partial charge is 0.483 e. The molecule has 8 heteroatoms. The van der Waals surface area contributed by atoms with Gasteiger partial charge in [0.05, 0.1) is 30.4 Å². The fourth-order valence-corrected chi connectivity index (χ4v) is 5.55. The highest BCUT2D eigenvalue weighted by Crippen LogP contribution is 2.46. The van der Waals surface area contributed by atoms with Gasteiger partial charge in [0.25, 0.3) is 5.91 Å². The van der Waals surface area contributed by atoms with E-state index in [1.54, 1.807) is 11.1 Å². The second kappa shape index (κ2) is 8.88. The molecule has 5 rings (SSSR count). The van der Waals surface area contributed by atoms with Crippen molar-refractivity contribution in [2.24, 2.45) is 5.92 Å². The Balaban J connectivity index is 1.40. The molecule has 3 aliphatic heterocycles. The van der Waals surface area contributed by atoms with E-state index in [0.717, 1.165) is 45.7 Å². The SMILES string of the molecule is O=C1C2=C(OC3CCC(Cl)CC13)C(=O)N(CCCN1CCOCC1)C2c1ccccn1. The summed E-state index contributed by atoms with van der Waals surface area (Å²) >= 11 is 6.37. The van der Waals surface area contributed by atoms with Gasteiger partial charge in [-0.2, -0.15) is 0 Å². The lowest BCUT2D eigenvalue weighted by Crippen LogP contribution is -2.42. The van der Waals surface area contributed by atoms with E-state index in [2.05, 4.69) is 9.88 Å². The number of morpholine rings is 1. The molecule has 2 fully saturated rings. The Labute approximate surface area is 187 Å². The second-order valence-corrected chi connectivity index (χ2v) is 9.36. The van der Waals surface area contributed by atoms with Gasteiger partial charge in [0.2, 0.25) is 0 Å². The molecule has 0 spiro atoms. The quantitative estimate of drug-likeness (QED) is 0.648. The Hall–Kier alpha value is -1.96. The molecule has 0 aromatic carbocycles. The highest BCUT2D eigenvalue weighted by atomic mass is 35.5. The number of aromatic nitrogens is 1. The number of Topliss-reactive ketones (excluding diaryl/α,β-unsaturated/α-hetero) is 1. The van der Waals surface area contributed by atoms with Gasteiger partial charge in [0.1, 0.15) is 12.1 Å². The van der Waals surface area contributed by atoms with Crippen molar-refractivity contribution in [2.45, 2.75) is 43.2 Å². The molecule has 0 bridgehead atoms.